The number of hydrogen-bond acceptors (Lipinski definition) is 4. The van der Waals surface area contributed by atoms with Crippen molar-refractivity contribution < 1.29 is 22.3 Å². The van der Waals surface area contributed by atoms with Crippen LogP contribution in [0.5, 0.6) is 0 Å². The number of hydrogen-bond donors (Lipinski definition) is 0. The first-order valence-electron chi connectivity index (χ1n) is 8.89. The van der Waals surface area contributed by atoms with E-state index in [2.05, 4.69) is 4.74 Å². The van der Waals surface area contributed by atoms with Gasteiger partial charge in [0, 0.05) is 6.54 Å². The Morgan fingerprint density at radius 1 is 1.11 bits per heavy atom. The van der Waals surface area contributed by atoms with Crippen LogP contribution in [0.2, 0.25) is 0 Å². The fraction of sp³-hybridized carbons (Fsp3) is 0.350. The Bertz CT molecular complexity index is 943. The number of rotatable bonds is 6. The van der Waals surface area contributed by atoms with Gasteiger partial charge in [0.25, 0.3) is 10.0 Å². The van der Waals surface area contributed by atoms with Crippen LogP contribution < -0.4 is 4.31 Å². The van der Waals surface area contributed by atoms with Crippen LogP contribution in [0.15, 0.2) is 47.4 Å². The molecule has 0 saturated carbocycles. The second-order valence-corrected chi connectivity index (χ2v) is 8.38. The predicted octanol–water partition coefficient (Wildman–Crippen LogP) is 3.46. The molecule has 0 atom stereocenters. The smallest absolute Gasteiger partial charge is 0.307 e. The highest BCUT2D eigenvalue weighted by molar-refractivity contribution is 7.92. The summed E-state index contributed by atoms with van der Waals surface area (Å²) in [6.45, 7) is -0.129. The summed E-state index contributed by atoms with van der Waals surface area (Å²) in [7, 11) is -2.71. The number of carbonyl (C=O) groups is 1. The molecule has 2 aromatic rings. The third kappa shape index (κ3) is 4.30. The van der Waals surface area contributed by atoms with Crippen LogP contribution in [0.4, 0.5) is 10.1 Å². The average molecular weight is 391 g/mol. The quantitative estimate of drug-likeness (QED) is 0.708. The molecular formula is C20H22FNO4S. The zero-order valence-corrected chi connectivity index (χ0v) is 16.0. The number of carbonyl (C=O) groups excluding carboxylic acids is 1. The standard InChI is InChI=1S/C20H22FNO4S/c1-26-20(23)11-12-22(18-8-4-7-17(21)14-18)27(24,25)19-10-9-15-5-2-3-6-16(15)13-19/h4,7-10,13-14H,2-3,5-6,11-12H2,1H3. The van der Waals surface area contributed by atoms with Crippen LogP contribution in [-0.4, -0.2) is 28.0 Å². The molecule has 0 saturated heterocycles. The van der Waals surface area contributed by atoms with Gasteiger partial charge >= 0.3 is 5.97 Å². The zero-order valence-electron chi connectivity index (χ0n) is 15.2. The SMILES string of the molecule is COC(=O)CCN(c1cccc(F)c1)S(=O)(=O)c1ccc2c(c1)CCCC2. The molecule has 0 spiro atoms. The van der Waals surface area contributed by atoms with Crippen molar-refractivity contribution in [2.75, 3.05) is 18.0 Å². The lowest BCUT2D eigenvalue weighted by Crippen LogP contribution is -2.33. The van der Waals surface area contributed by atoms with Gasteiger partial charge in [0.05, 0.1) is 24.1 Å². The van der Waals surface area contributed by atoms with E-state index in [9.17, 15) is 17.6 Å². The molecular weight excluding hydrogens is 369 g/mol. The summed E-state index contributed by atoms with van der Waals surface area (Å²) < 4.78 is 45.9. The zero-order chi connectivity index (χ0) is 19.4. The predicted molar refractivity (Wildman–Crippen MR) is 101 cm³/mol. The van der Waals surface area contributed by atoms with E-state index < -0.39 is 21.8 Å². The molecule has 27 heavy (non-hydrogen) atoms. The number of methoxy groups -OCH3 is 1. The van der Waals surface area contributed by atoms with Gasteiger partial charge in [-0.15, -0.1) is 0 Å². The molecule has 0 aromatic heterocycles. The van der Waals surface area contributed by atoms with Gasteiger partial charge in [-0.05, 0) is 67.1 Å². The molecule has 1 aliphatic carbocycles. The summed E-state index contributed by atoms with van der Waals surface area (Å²) in [5, 5.41) is 0. The van der Waals surface area contributed by atoms with Gasteiger partial charge in [-0.2, -0.15) is 0 Å². The maximum Gasteiger partial charge on any atom is 0.307 e. The van der Waals surface area contributed by atoms with Crippen LogP contribution in [-0.2, 0) is 32.4 Å². The molecule has 144 valence electrons. The van der Waals surface area contributed by atoms with Gasteiger partial charge in [0.1, 0.15) is 5.82 Å². The van der Waals surface area contributed by atoms with Crippen LogP contribution in [0.3, 0.4) is 0 Å². The lowest BCUT2D eigenvalue weighted by Gasteiger charge is -2.25. The van der Waals surface area contributed by atoms with E-state index in [-0.39, 0.29) is 23.5 Å². The molecule has 7 heteroatoms. The molecule has 2 aromatic carbocycles. The van der Waals surface area contributed by atoms with Crippen molar-refractivity contribution in [2.24, 2.45) is 0 Å². The first-order valence-corrected chi connectivity index (χ1v) is 10.3. The minimum Gasteiger partial charge on any atom is -0.469 e. The second-order valence-electron chi connectivity index (χ2n) is 6.52. The maximum atomic E-state index is 13.7. The molecule has 0 radical (unpaired) electrons. The molecule has 0 bridgehead atoms. The van der Waals surface area contributed by atoms with E-state index in [1.165, 1.54) is 30.9 Å². The van der Waals surface area contributed by atoms with Crippen LogP contribution in [0.25, 0.3) is 0 Å². The third-order valence-electron chi connectivity index (χ3n) is 4.75. The Labute approximate surface area is 158 Å². The van der Waals surface area contributed by atoms with E-state index in [4.69, 9.17) is 0 Å². The van der Waals surface area contributed by atoms with E-state index in [1.54, 1.807) is 12.1 Å². The summed E-state index contributed by atoms with van der Waals surface area (Å²) >= 11 is 0. The van der Waals surface area contributed by atoms with Crippen molar-refractivity contribution >= 4 is 21.7 Å². The largest absolute Gasteiger partial charge is 0.469 e. The molecule has 5 nitrogen and oxygen atoms in total. The summed E-state index contributed by atoms with van der Waals surface area (Å²) in [6, 6.07) is 10.5. The van der Waals surface area contributed by atoms with Crippen LogP contribution in [0.1, 0.15) is 30.4 Å². The maximum absolute atomic E-state index is 13.7. The minimum absolute atomic E-state index is 0.128. The fourth-order valence-corrected chi connectivity index (χ4v) is 4.82. The molecule has 3 rings (SSSR count). The second kappa shape index (κ2) is 8.08. The molecule has 0 aliphatic heterocycles. The van der Waals surface area contributed by atoms with Crippen molar-refractivity contribution in [3.63, 3.8) is 0 Å². The number of sulfonamides is 1. The molecule has 0 amide bonds. The molecule has 0 unspecified atom stereocenters. The van der Waals surface area contributed by atoms with Crippen LogP contribution in [0, 0.1) is 5.82 Å². The Morgan fingerprint density at radius 2 is 1.85 bits per heavy atom. The number of nitrogens with zero attached hydrogens (tertiary/aromatic N) is 1. The number of aryl methyl sites for hydroxylation is 2. The minimum atomic E-state index is -3.95. The lowest BCUT2D eigenvalue weighted by atomic mass is 9.92. The van der Waals surface area contributed by atoms with Crippen molar-refractivity contribution in [1.82, 2.24) is 0 Å². The van der Waals surface area contributed by atoms with Crippen molar-refractivity contribution in [2.45, 2.75) is 37.0 Å². The van der Waals surface area contributed by atoms with E-state index in [0.29, 0.717) is 0 Å². The number of fused-ring (bicyclic) bond motifs is 1. The topological polar surface area (TPSA) is 63.7 Å². The van der Waals surface area contributed by atoms with Gasteiger partial charge < -0.3 is 4.74 Å². The van der Waals surface area contributed by atoms with E-state index in [0.717, 1.165) is 41.6 Å². The Morgan fingerprint density at radius 3 is 2.56 bits per heavy atom. The van der Waals surface area contributed by atoms with Gasteiger partial charge in [-0.3, -0.25) is 9.10 Å². The Kier molecular flexibility index (Phi) is 5.79. The van der Waals surface area contributed by atoms with Gasteiger partial charge in [0.2, 0.25) is 0 Å². The molecule has 0 fully saturated rings. The summed E-state index contributed by atoms with van der Waals surface area (Å²) in [6.07, 6.45) is 3.81. The summed E-state index contributed by atoms with van der Waals surface area (Å²) in [4.78, 5) is 11.7. The van der Waals surface area contributed by atoms with Crippen molar-refractivity contribution in [3.05, 3.63) is 59.4 Å². The Balaban J connectivity index is 2.00. The number of benzene rings is 2. The monoisotopic (exact) mass is 391 g/mol. The molecule has 0 N–H and O–H groups in total. The van der Waals surface area contributed by atoms with Crippen LogP contribution >= 0.6 is 0 Å². The highest BCUT2D eigenvalue weighted by Gasteiger charge is 2.27. The van der Waals surface area contributed by atoms with Gasteiger partial charge in [-0.1, -0.05) is 12.1 Å². The van der Waals surface area contributed by atoms with Crippen molar-refractivity contribution in [1.29, 1.82) is 0 Å². The third-order valence-corrected chi connectivity index (χ3v) is 6.57. The number of halogens is 1. The van der Waals surface area contributed by atoms with Crippen molar-refractivity contribution in [3.8, 4) is 0 Å². The number of esters is 1. The summed E-state index contributed by atoms with van der Waals surface area (Å²) in [5.41, 5.74) is 2.39. The average Bonchev–Trinajstić information content (AvgIpc) is 2.67. The molecule has 0 heterocycles. The first-order chi connectivity index (χ1) is 12.9. The fourth-order valence-electron chi connectivity index (χ4n) is 3.31. The highest BCUT2D eigenvalue weighted by atomic mass is 32.2. The number of anilines is 1. The summed E-state index contributed by atoms with van der Waals surface area (Å²) in [5.74, 6) is -1.08. The lowest BCUT2D eigenvalue weighted by molar-refractivity contribution is -0.140. The Hall–Kier alpha value is -2.41. The normalized spacial score (nSPS) is 13.7. The molecule has 1 aliphatic rings. The first kappa shape index (κ1) is 19.4. The van der Waals surface area contributed by atoms with E-state index >= 15 is 0 Å². The van der Waals surface area contributed by atoms with Gasteiger partial charge in [0.15, 0.2) is 0 Å². The van der Waals surface area contributed by atoms with E-state index in [1.807, 2.05) is 6.07 Å². The highest BCUT2D eigenvalue weighted by Crippen LogP contribution is 2.28. The number of ether oxygens (including phenoxy) is 1. The van der Waals surface area contributed by atoms with Gasteiger partial charge in [-0.25, -0.2) is 12.8 Å².